The molecule has 0 fully saturated rings. The first-order chi connectivity index (χ1) is 11.5. The van der Waals surface area contributed by atoms with E-state index in [4.69, 9.17) is 16.3 Å². The van der Waals surface area contributed by atoms with Gasteiger partial charge in [0.1, 0.15) is 5.75 Å². The first-order valence-corrected chi connectivity index (χ1v) is 7.65. The van der Waals surface area contributed by atoms with Crippen LogP contribution in [0, 0.1) is 0 Å². The zero-order valence-corrected chi connectivity index (χ0v) is 13.9. The molecule has 0 unspecified atom stereocenters. The van der Waals surface area contributed by atoms with Crippen molar-refractivity contribution in [1.29, 1.82) is 0 Å². The Morgan fingerprint density at radius 2 is 1.92 bits per heavy atom. The number of methoxy groups -OCH3 is 1. The fraction of sp³-hybridized carbons (Fsp3) is 0.111. The predicted octanol–water partition coefficient (Wildman–Crippen LogP) is 4.22. The third-order valence-corrected chi connectivity index (χ3v) is 4.00. The number of rotatable bonds is 3. The molecule has 0 radical (unpaired) electrons. The summed E-state index contributed by atoms with van der Waals surface area (Å²) in [6, 6.07) is 12.3. The summed E-state index contributed by atoms with van der Waals surface area (Å²) in [5.74, 6) is 0.0630. The van der Waals surface area contributed by atoms with Gasteiger partial charge in [0.15, 0.2) is 0 Å². The number of carbonyl (C=O) groups is 2. The van der Waals surface area contributed by atoms with E-state index in [1.165, 1.54) is 18.6 Å². The highest BCUT2D eigenvalue weighted by molar-refractivity contribution is 6.32. The Kier molecular flexibility index (Phi) is 4.27. The van der Waals surface area contributed by atoms with E-state index in [2.05, 4.69) is 5.32 Å². The third-order valence-electron chi connectivity index (χ3n) is 3.71. The molecule has 1 heterocycles. The van der Waals surface area contributed by atoms with Crippen LogP contribution >= 0.6 is 11.6 Å². The molecule has 0 saturated carbocycles. The Balaban J connectivity index is 1.97. The first-order valence-electron chi connectivity index (χ1n) is 7.27. The Morgan fingerprint density at radius 3 is 2.58 bits per heavy atom. The molecule has 2 aromatic carbocycles. The average Bonchev–Trinajstić information content (AvgIpc) is 2.95. The number of hydrogen-bond acceptors (Lipinski definition) is 3. The molecular formula is C18H15ClN2O3. The molecule has 0 spiro atoms. The molecule has 5 nitrogen and oxygen atoms in total. The number of fused-ring (bicyclic) bond motifs is 1. The van der Waals surface area contributed by atoms with Crippen LogP contribution < -0.4 is 10.1 Å². The zero-order chi connectivity index (χ0) is 17.3. The lowest BCUT2D eigenvalue weighted by atomic mass is 10.1. The van der Waals surface area contributed by atoms with Crippen molar-refractivity contribution < 1.29 is 14.3 Å². The Morgan fingerprint density at radius 1 is 1.17 bits per heavy atom. The van der Waals surface area contributed by atoms with Crippen LogP contribution in [0.2, 0.25) is 5.02 Å². The third kappa shape index (κ3) is 2.86. The van der Waals surface area contributed by atoms with Crippen molar-refractivity contribution in [2.24, 2.45) is 0 Å². The Labute approximate surface area is 143 Å². The van der Waals surface area contributed by atoms with E-state index >= 15 is 0 Å². The van der Waals surface area contributed by atoms with Crippen LogP contribution in [-0.4, -0.2) is 23.5 Å². The van der Waals surface area contributed by atoms with Gasteiger partial charge < -0.3 is 10.1 Å². The SMILES string of the molecule is COc1ccc(NC(=O)c2cn(C(C)=O)c3ccccc23)cc1Cl. The van der Waals surface area contributed by atoms with E-state index in [-0.39, 0.29) is 11.8 Å². The lowest BCUT2D eigenvalue weighted by Gasteiger charge is -2.07. The maximum absolute atomic E-state index is 12.6. The van der Waals surface area contributed by atoms with E-state index in [0.29, 0.717) is 32.9 Å². The van der Waals surface area contributed by atoms with Crippen LogP contribution in [0.3, 0.4) is 0 Å². The molecule has 122 valence electrons. The lowest BCUT2D eigenvalue weighted by Crippen LogP contribution is -2.12. The molecule has 0 aliphatic rings. The molecular weight excluding hydrogens is 328 g/mol. The zero-order valence-electron chi connectivity index (χ0n) is 13.2. The number of nitrogens with zero attached hydrogens (tertiary/aromatic N) is 1. The van der Waals surface area contributed by atoms with Crippen molar-refractivity contribution in [1.82, 2.24) is 4.57 Å². The quantitative estimate of drug-likeness (QED) is 0.775. The second kappa shape index (κ2) is 6.37. The number of anilines is 1. The number of carbonyl (C=O) groups excluding carboxylic acids is 2. The molecule has 0 bridgehead atoms. The van der Waals surface area contributed by atoms with Crippen LogP contribution in [-0.2, 0) is 0 Å². The molecule has 1 amide bonds. The van der Waals surface area contributed by atoms with Crippen LogP contribution in [0.15, 0.2) is 48.7 Å². The minimum absolute atomic E-state index is 0.155. The normalized spacial score (nSPS) is 10.6. The Hall–Kier alpha value is -2.79. The highest BCUT2D eigenvalue weighted by atomic mass is 35.5. The summed E-state index contributed by atoms with van der Waals surface area (Å²) in [5.41, 5.74) is 1.67. The van der Waals surface area contributed by atoms with Gasteiger partial charge in [0.05, 0.1) is 23.2 Å². The van der Waals surface area contributed by atoms with Crippen molar-refractivity contribution in [3.8, 4) is 5.75 Å². The van der Waals surface area contributed by atoms with Gasteiger partial charge in [-0.15, -0.1) is 0 Å². The van der Waals surface area contributed by atoms with Crippen molar-refractivity contribution in [3.63, 3.8) is 0 Å². The van der Waals surface area contributed by atoms with Crippen molar-refractivity contribution >= 4 is 40.0 Å². The Bertz CT molecular complexity index is 947. The van der Waals surface area contributed by atoms with E-state index in [1.807, 2.05) is 18.2 Å². The molecule has 24 heavy (non-hydrogen) atoms. The molecule has 3 rings (SSSR count). The average molecular weight is 343 g/mol. The number of benzene rings is 2. The van der Waals surface area contributed by atoms with Gasteiger partial charge in [-0.2, -0.15) is 0 Å². The summed E-state index contributed by atoms with van der Waals surface area (Å²) in [5, 5.41) is 3.91. The second-order valence-corrected chi connectivity index (χ2v) is 5.66. The van der Waals surface area contributed by atoms with Gasteiger partial charge >= 0.3 is 0 Å². The van der Waals surface area contributed by atoms with Crippen LogP contribution in [0.5, 0.6) is 5.75 Å². The summed E-state index contributed by atoms with van der Waals surface area (Å²) < 4.78 is 6.55. The number of ether oxygens (including phenoxy) is 1. The second-order valence-electron chi connectivity index (χ2n) is 5.25. The minimum Gasteiger partial charge on any atom is -0.495 e. The summed E-state index contributed by atoms with van der Waals surface area (Å²) in [6.07, 6.45) is 1.55. The fourth-order valence-corrected chi connectivity index (χ4v) is 2.82. The molecule has 0 aliphatic heterocycles. The van der Waals surface area contributed by atoms with E-state index in [0.717, 1.165) is 0 Å². The van der Waals surface area contributed by atoms with Gasteiger partial charge in [-0.05, 0) is 24.3 Å². The van der Waals surface area contributed by atoms with Crippen molar-refractivity contribution in [2.45, 2.75) is 6.92 Å². The molecule has 0 saturated heterocycles. The number of amides is 1. The van der Waals surface area contributed by atoms with E-state index in [1.54, 1.807) is 30.5 Å². The molecule has 3 aromatic rings. The summed E-state index contributed by atoms with van der Waals surface area (Å²) in [6.45, 7) is 1.46. The molecule has 0 atom stereocenters. The summed E-state index contributed by atoms with van der Waals surface area (Å²) in [4.78, 5) is 24.4. The summed E-state index contributed by atoms with van der Waals surface area (Å²) in [7, 11) is 1.52. The standard InChI is InChI=1S/C18H15ClN2O3/c1-11(22)21-10-14(13-5-3-4-6-16(13)21)18(23)20-12-7-8-17(24-2)15(19)9-12/h3-10H,1-2H3,(H,20,23). The summed E-state index contributed by atoms with van der Waals surface area (Å²) >= 11 is 6.07. The van der Waals surface area contributed by atoms with Crippen molar-refractivity contribution in [2.75, 3.05) is 12.4 Å². The molecule has 6 heteroatoms. The molecule has 1 N–H and O–H groups in total. The van der Waals surface area contributed by atoms with Gasteiger partial charge in [-0.25, -0.2) is 0 Å². The number of para-hydroxylation sites is 1. The highest BCUT2D eigenvalue weighted by Crippen LogP contribution is 2.28. The topological polar surface area (TPSA) is 60.3 Å². The van der Waals surface area contributed by atoms with Crippen LogP contribution in [0.4, 0.5) is 5.69 Å². The lowest BCUT2D eigenvalue weighted by molar-refractivity contribution is 0.0941. The largest absolute Gasteiger partial charge is 0.495 e. The van der Waals surface area contributed by atoms with Gasteiger partial charge in [0.25, 0.3) is 5.91 Å². The maximum Gasteiger partial charge on any atom is 0.257 e. The number of nitrogens with one attached hydrogen (secondary N) is 1. The van der Waals surface area contributed by atoms with Crippen LogP contribution in [0.1, 0.15) is 22.1 Å². The monoisotopic (exact) mass is 342 g/mol. The smallest absolute Gasteiger partial charge is 0.257 e. The first kappa shape index (κ1) is 16.1. The van der Waals surface area contributed by atoms with Gasteiger partial charge in [-0.3, -0.25) is 14.2 Å². The minimum atomic E-state index is -0.313. The fourth-order valence-electron chi connectivity index (χ4n) is 2.56. The maximum atomic E-state index is 12.6. The number of halogens is 1. The molecule has 1 aromatic heterocycles. The highest BCUT2D eigenvalue weighted by Gasteiger charge is 2.17. The number of hydrogen-bond donors (Lipinski definition) is 1. The van der Waals surface area contributed by atoms with Gasteiger partial charge in [0.2, 0.25) is 5.91 Å². The predicted molar refractivity (Wildman–Crippen MR) is 94.2 cm³/mol. The number of aromatic nitrogens is 1. The van der Waals surface area contributed by atoms with Gasteiger partial charge in [0, 0.05) is 24.2 Å². The van der Waals surface area contributed by atoms with E-state index < -0.39 is 0 Å². The van der Waals surface area contributed by atoms with E-state index in [9.17, 15) is 9.59 Å². The molecule has 0 aliphatic carbocycles. The van der Waals surface area contributed by atoms with Crippen molar-refractivity contribution in [3.05, 3.63) is 59.2 Å². The van der Waals surface area contributed by atoms with Crippen LogP contribution in [0.25, 0.3) is 10.9 Å². The van der Waals surface area contributed by atoms with Gasteiger partial charge in [-0.1, -0.05) is 29.8 Å².